The number of aliphatic hydroxyl groups excluding tert-OH is 1. The molecule has 1 amide bonds. The van der Waals surface area contributed by atoms with Crippen molar-refractivity contribution in [2.45, 2.75) is 6.54 Å². The van der Waals surface area contributed by atoms with Gasteiger partial charge in [-0.15, -0.1) is 11.3 Å². The number of hydrogen-bond acceptors (Lipinski definition) is 5. The number of thiazole rings is 1. The number of nitrogens with zero attached hydrogens (tertiary/aromatic N) is 2. The van der Waals surface area contributed by atoms with Gasteiger partial charge in [-0.3, -0.25) is 9.69 Å². The van der Waals surface area contributed by atoms with Crippen LogP contribution < -0.4 is 5.32 Å². The van der Waals surface area contributed by atoms with E-state index < -0.39 is 0 Å². The van der Waals surface area contributed by atoms with Crippen LogP contribution in [0.1, 0.15) is 5.69 Å². The minimum atomic E-state index is -0.0817. The lowest BCUT2D eigenvalue weighted by Gasteiger charge is -2.14. The highest BCUT2D eigenvalue weighted by Crippen LogP contribution is 2.03. The van der Waals surface area contributed by atoms with Gasteiger partial charge in [0.05, 0.1) is 24.4 Å². The molecule has 1 aromatic rings. The number of amides is 1. The van der Waals surface area contributed by atoms with Crippen LogP contribution in [0.2, 0.25) is 0 Å². The third-order valence-corrected chi connectivity index (χ3v) is 2.40. The Hall–Kier alpha value is -0.980. The average molecular weight is 229 g/mol. The number of aromatic nitrogens is 1. The lowest BCUT2D eigenvalue weighted by molar-refractivity contribution is -0.122. The van der Waals surface area contributed by atoms with Crippen LogP contribution in [0, 0.1) is 0 Å². The summed E-state index contributed by atoms with van der Waals surface area (Å²) in [6.07, 6.45) is 0. The topological polar surface area (TPSA) is 65.5 Å². The molecule has 0 spiro atoms. The van der Waals surface area contributed by atoms with Crippen molar-refractivity contribution in [3.63, 3.8) is 0 Å². The Labute approximate surface area is 92.7 Å². The lowest BCUT2D eigenvalue weighted by atomic mass is 10.4. The average Bonchev–Trinajstić information content (AvgIpc) is 2.67. The van der Waals surface area contributed by atoms with Crippen LogP contribution in [0.3, 0.4) is 0 Å². The Morgan fingerprint density at radius 2 is 2.53 bits per heavy atom. The molecule has 5 nitrogen and oxygen atoms in total. The first-order valence-electron chi connectivity index (χ1n) is 4.65. The van der Waals surface area contributed by atoms with E-state index in [0.717, 1.165) is 5.69 Å². The fraction of sp³-hybridized carbons (Fsp3) is 0.556. The predicted octanol–water partition coefficient (Wildman–Crippen LogP) is -0.317. The van der Waals surface area contributed by atoms with Crippen molar-refractivity contribution in [1.82, 2.24) is 15.2 Å². The van der Waals surface area contributed by atoms with Gasteiger partial charge >= 0.3 is 0 Å². The maximum absolute atomic E-state index is 11.3. The first-order valence-corrected chi connectivity index (χ1v) is 5.60. The van der Waals surface area contributed by atoms with Crippen LogP contribution in [0.15, 0.2) is 10.9 Å². The smallest absolute Gasteiger partial charge is 0.234 e. The molecule has 1 heterocycles. The quantitative estimate of drug-likeness (QED) is 0.702. The van der Waals surface area contributed by atoms with Crippen molar-refractivity contribution < 1.29 is 9.90 Å². The van der Waals surface area contributed by atoms with Gasteiger partial charge in [-0.25, -0.2) is 4.98 Å². The Balaban J connectivity index is 2.23. The Bertz CT molecular complexity index is 290. The molecule has 0 radical (unpaired) electrons. The summed E-state index contributed by atoms with van der Waals surface area (Å²) in [6, 6.07) is 0. The van der Waals surface area contributed by atoms with E-state index in [9.17, 15) is 4.79 Å². The Kier molecular flexibility index (Phi) is 5.23. The Morgan fingerprint density at radius 1 is 1.73 bits per heavy atom. The molecule has 0 saturated carbocycles. The molecule has 6 heteroatoms. The minimum Gasteiger partial charge on any atom is -0.395 e. The van der Waals surface area contributed by atoms with Gasteiger partial charge in [-0.2, -0.15) is 0 Å². The summed E-state index contributed by atoms with van der Waals surface area (Å²) in [5.74, 6) is -0.0817. The van der Waals surface area contributed by atoms with Gasteiger partial charge in [0.1, 0.15) is 0 Å². The fourth-order valence-electron chi connectivity index (χ4n) is 1.14. The molecular formula is C9H15N3O2S. The maximum atomic E-state index is 11.3. The number of carbonyl (C=O) groups excluding carboxylic acids is 1. The molecular weight excluding hydrogens is 214 g/mol. The van der Waals surface area contributed by atoms with Crippen LogP contribution in [0.5, 0.6) is 0 Å². The summed E-state index contributed by atoms with van der Waals surface area (Å²) in [4.78, 5) is 17.3. The monoisotopic (exact) mass is 229 g/mol. The van der Waals surface area contributed by atoms with E-state index in [0.29, 0.717) is 19.6 Å². The molecule has 0 saturated heterocycles. The molecule has 1 aromatic heterocycles. The van der Waals surface area contributed by atoms with Crippen molar-refractivity contribution in [3.05, 3.63) is 16.6 Å². The van der Waals surface area contributed by atoms with Gasteiger partial charge in [-0.05, 0) is 7.05 Å². The number of hydrogen-bond donors (Lipinski definition) is 2. The van der Waals surface area contributed by atoms with E-state index in [1.54, 1.807) is 16.8 Å². The molecule has 0 aromatic carbocycles. The molecule has 0 aliphatic rings. The number of likely N-dealkylation sites (N-methyl/N-ethyl adjacent to an activating group) is 1. The molecule has 0 atom stereocenters. The largest absolute Gasteiger partial charge is 0.395 e. The van der Waals surface area contributed by atoms with Gasteiger partial charge in [0.25, 0.3) is 0 Å². The third kappa shape index (κ3) is 4.87. The minimum absolute atomic E-state index is 0.0262. The molecule has 15 heavy (non-hydrogen) atoms. The molecule has 0 fully saturated rings. The second-order valence-electron chi connectivity index (χ2n) is 3.23. The second kappa shape index (κ2) is 6.49. The Morgan fingerprint density at radius 3 is 3.13 bits per heavy atom. The highest BCUT2D eigenvalue weighted by molar-refractivity contribution is 7.07. The fourth-order valence-corrected chi connectivity index (χ4v) is 1.69. The zero-order chi connectivity index (χ0) is 11.1. The number of nitrogens with one attached hydrogen (secondary N) is 1. The summed E-state index contributed by atoms with van der Waals surface area (Å²) in [5, 5.41) is 13.1. The van der Waals surface area contributed by atoms with Crippen molar-refractivity contribution in [2.24, 2.45) is 0 Å². The van der Waals surface area contributed by atoms with Gasteiger partial charge < -0.3 is 10.4 Å². The normalized spacial score (nSPS) is 10.6. The first-order chi connectivity index (χ1) is 7.22. The SMILES string of the molecule is CN(CC(=O)NCCO)Cc1cscn1. The van der Waals surface area contributed by atoms with Crippen molar-refractivity contribution >= 4 is 17.2 Å². The number of aliphatic hydroxyl groups is 1. The van der Waals surface area contributed by atoms with E-state index in [1.807, 2.05) is 17.3 Å². The molecule has 2 N–H and O–H groups in total. The predicted molar refractivity (Wildman–Crippen MR) is 58.5 cm³/mol. The van der Waals surface area contributed by atoms with Crippen LogP contribution >= 0.6 is 11.3 Å². The number of rotatable bonds is 6. The van der Waals surface area contributed by atoms with E-state index >= 15 is 0 Å². The zero-order valence-electron chi connectivity index (χ0n) is 8.64. The van der Waals surface area contributed by atoms with Gasteiger partial charge in [-0.1, -0.05) is 0 Å². The molecule has 84 valence electrons. The summed E-state index contributed by atoms with van der Waals surface area (Å²) in [7, 11) is 1.86. The van der Waals surface area contributed by atoms with Crippen molar-refractivity contribution in [3.8, 4) is 0 Å². The van der Waals surface area contributed by atoms with E-state index in [1.165, 1.54) is 0 Å². The first kappa shape index (κ1) is 12.1. The molecule has 0 bridgehead atoms. The van der Waals surface area contributed by atoms with Crippen molar-refractivity contribution in [2.75, 3.05) is 26.7 Å². The highest BCUT2D eigenvalue weighted by atomic mass is 32.1. The second-order valence-corrected chi connectivity index (χ2v) is 3.94. The van der Waals surface area contributed by atoms with Crippen LogP contribution in [0.25, 0.3) is 0 Å². The van der Waals surface area contributed by atoms with Crippen LogP contribution in [-0.4, -0.2) is 47.6 Å². The summed E-state index contributed by atoms with van der Waals surface area (Å²) < 4.78 is 0. The molecule has 1 rings (SSSR count). The van der Waals surface area contributed by atoms with Gasteiger partial charge in [0.15, 0.2) is 0 Å². The molecule has 0 aliphatic heterocycles. The van der Waals surface area contributed by atoms with E-state index in [4.69, 9.17) is 5.11 Å². The zero-order valence-corrected chi connectivity index (χ0v) is 9.46. The summed E-state index contributed by atoms with van der Waals surface area (Å²) in [6.45, 7) is 1.26. The highest BCUT2D eigenvalue weighted by Gasteiger charge is 2.06. The number of carbonyl (C=O) groups is 1. The molecule has 0 unspecified atom stereocenters. The van der Waals surface area contributed by atoms with Gasteiger partial charge in [0, 0.05) is 18.5 Å². The van der Waals surface area contributed by atoms with Crippen LogP contribution in [-0.2, 0) is 11.3 Å². The summed E-state index contributed by atoms with van der Waals surface area (Å²) in [5.41, 5.74) is 2.74. The standard InChI is InChI=1S/C9H15N3O2S/c1-12(4-8-6-15-7-11-8)5-9(14)10-2-3-13/h6-7,13H,2-5H2,1H3,(H,10,14). The van der Waals surface area contributed by atoms with Crippen LogP contribution in [0.4, 0.5) is 0 Å². The molecule has 0 aliphatic carbocycles. The third-order valence-electron chi connectivity index (χ3n) is 1.76. The van der Waals surface area contributed by atoms with E-state index in [2.05, 4.69) is 10.3 Å². The van der Waals surface area contributed by atoms with E-state index in [-0.39, 0.29) is 12.5 Å². The maximum Gasteiger partial charge on any atom is 0.234 e. The van der Waals surface area contributed by atoms with Crippen molar-refractivity contribution in [1.29, 1.82) is 0 Å². The summed E-state index contributed by atoms with van der Waals surface area (Å²) >= 11 is 1.54. The lowest BCUT2D eigenvalue weighted by Crippen LogP contribution is -2.36. The van der Waals surface area contributed by atoms with Gasteiger partial charge in [0.2, 0.25) is 5.91 Å².